The summed E-state index contributed by atoms with van der Waals surface area (Å²) in [5.41, 5.74) is -1.82. The van der Waals surface area contributed by atoms with Gasteiger partial charge < -0.3 is 0 Å². The summed E-state index contributed by atoms with van der Waals surface area (Å²) in [5.74, 6) is -1.87. The third kappa shape index (κ3) is 2.91. The van der Waals surface area contributed by atoms with Crippen LogP contribution in [0.1, 0.15) is 31.0 Å². The van der Waals surface area contributed by atoms with Crippen molar-refractivity contribution in [3.63, 3.8) is 0 Å². The summed E-state index contributed by atoms with van der Waals surface area (Å²) in [6, 6.07) is 1.76. The Morgan fingerprint density at radius 2 is 1.67 bits per heavy atom. The monoisotopic (exact) mass is 305 g/mol. The number of alkyl halides is 3. The van der Waals surface area contributed by atoms with E-state index in [0.717, 1.165) is 23.0 Å². The van der Waals surface area contributed by atoms with Gasteiger partial charge in [-0.25, -0.2) is 8.78 Å². The van der Waals surface area contributed by atoms with Gasteiger partial charge in [0.2, 0.25) is 6.20 Å². The smallest absolute Gasteiger partial charge is 0.207 e. The van der Waals surface area contributed by atoms with Crippen molar-refractivity contribution in [2.75, 3.05) is 0 Å². The molecule has 0 spiro atoms. The highest BCUT2D eigenvalue weighted by atomic mass is 19.4. The van der Waals surface area contributed by atoms with Crippen LogP contribution in [0.5, 0.6) is 0 Å². The van der Waals surface area contributed by atoms with E-state index in [4.69, 9.17) is 0 Å². The highest BCUT2D eigenvalue weighted by Crippen LogP contribution is 2.37. The maximum Gasteiger partial charge on any atom is 0.437 e. The highest BCUT2D eigenvalue weighted by Gasteiger charge is 2.39. The van der Waals surface area contributed by atoms with E-state index >= 15 is 0 Å². The van der Waals surface area contributed by atoms with Gasteiger partial charge in [-0.05, 0) is 23.6 Å². The molecule has 1 aromatic heterocycles. The van der Waals surface area contributed by atoms with Gasteiger partial charge in [0.05, 0.1) is 5.56 Å². The second-order valence-electron chi connectivity index (χ2n) is 5.15. The molecule has 21 heavy (non-hydrogen) atoms. The van der Waals surface area contributed by atoms with Crippen LogP contribution in [0.4, 0.5) is 22.0 Å². The zero-order chi connectivity index (χ0) is 15.9. The maximum absolute atomic E-state index is 14.1. The zero-order valence-corrected chi connectivity index (χ0v) is 11.6. The number of hydrogen-bond acceptors (Lipinski definition) is 0. The van der Waals surface area contributed by atoms with Gasteiger partial charge in [0.25, 0.3) is 0 Å². The molecule has 1 heterocycles. The van der Waals surface area contributed by atoms with Crippen LogP contribution in [0.3, 0.4) is 0 Å². The molecule has 0 bridgehead atoms. The van der Waals surface area contributed by atoms with Crippen LogP contribution in [-0.4, -0.2) is 5.10 Å². The molecule has 0 fully saturated rings. The molecule has 0 aliphatic rings. The summed E-state index contributed by atoms with van der Waals surface area (Å²) >= 11 is 0. The molecule has 114 valence electrons. The van der Waals surface area contributed by atoms with Gasteiger partial charge in [-0.2, -0.15) is 18.3 Å². The number of rotatable bonds is 2. The van der Waals surface area contributed by atoms with Gasteiger partial charge >= 0.3 is 6.18 Å². The number of aromatic nitrogens is 2. The molecule has 2 nitrogen and oxygen atoms in total. The molecule has 0 atom stereocenters. The number of halogens is 5. The standard InChI is InChI=1S/C14H13F5N2/c1-7(2)8-4-12(16)9(5-11(8)15)10-6-21(3)20-13(10)14(17,18)19/h4-7H,1-3H3/p+1. The lowest BCUT2D eigenvalue weighted by Gasteiger charge is -2.10. The predicted molar refractivity (Wildman–Crippen MR) is 66.4 cm³/mol. The Bertz CT molecular complexity index is 671. The second kappa shape index (κ2) is 5.13. The van der Waals surface area contributed by atoms with Crippen molar-refractivity contribution in [1.82, 2.24) is 5.10 Å². The van der Waals surface area contributed by atoms with Crippen molar-refractivity contribution < 1.29 is 26.6 Å². The number of aryl methyl sites for hydroxylation is 1. The average molecular weight is 305 g/mol. The molecule has 0 saturated heterocycles. The van der Waals surface area contributed by atoms with Crippen LogP contribution in [0, 0.1) is 11.6 Å². The molecule has 0 unspecified atom stereocenters. The van der Waals surface area contributed by atoms with E-state index in [2.05, 4.69) is 5.10 Å². The second-order valence-corrected chi connectivity index (χ2v) is 5.15. The fourth-order valence-corrected chi connectivity index (χ4v) is 2.16. The van der Waals surface area contributed by atoms with E-state index in [1.54, 1.807) is 13.8 Å². The molecule has 2 aromatic rings. The molecule has 0 radical (unpaired) electrons. The van der Waals surface area contributed by atoms with Crippen LogP contribution in [0.25, 0.3) is 11.1 Å². The number of benzene rings is 1. The molecule has 7 heteroatoms. The Hall–Kier alpha value is -1.92. The van der Waals surface area contributed by atoms with Gasteiger partial charge in [-0.3, -0.25) is 0 Å². The normalized spacial score (nSPS) is 12.2. The number of H-pyrrole nitrogens is 1. The molecule has 2 rings (SSSR count). The molecule has 0 aliphatic heterocycles. The van der Waals surface area contributed by atoms with E-state index in [9.17, 15) is 22.0 Å². The average Bonchev–Trinajstić information content (AvgIpc) is 2.73. The Kier molecular flexibility index (Phi) is 3.78. The van der Waals surface area contributed by atoms with E-state index in [1.165, 1.54) is 7.05 Å². The van der Waals surface area contributed by atoms with Crippen molar-refractivity contribution in [3.05, 3.63) is 41.2 Å². The minimum absolute atomic E-state index is 0.129. The Morgan fingerprint density at radius 1 is 1.05 bits per heavy atom. The summed E-state index contributed by atoms with van der Waals surface area (Å²) in [7, 11) is 1.34. The number of nitrogens with zero attached hydrogens (tertiary/aromatic N) is 1. The molecule has 0 saturated carbocycles. The fraction of sp³-hybridized carbons (Fsp3) is 0.357. The lowest BCUT2D eigenvalue weighted by molar-refractivity contribution is -0.727. The van der Waals surface area contributed by atoms with Crippen molar-refractivity contribution >= 4 is 0 Å². The van der Waals surface area contributed by atoms with Crippen molar-refractivity contribution in [3.8, 4) is 11.1 Å². The molecule has 0 amide bonds. The topological polar surface area (TPSA) is 19.7 Å². The van der Waals surface area contributed by atoms with E-state index in [-0.39, 0.29) is 11.5 Å². The highest BCUT2D eigenvalue weighted by molar-refractivity contribution is 5.66. The number of nitrogens with one attached hydrogen (secondary N) is 1. The Balaban J connectivity index is 2.66. The third-order valence-corrected chi connectivity index (χ3v) is 3.16. The van der Waals surface area contributed by atoms with Gasteiger partial charge in [-0.1, -0.05) is 13.8 Å². The summed E-state index contributed by atoms with van der Waals surface area (Å²) in [4.78, 5) is 0. The summed E-state index contributed by atoms with van der Waals surface area (Å²) in [5, 5.41) is 2.07. The van der Waals surface area contributed by atoms with Crippen LogP contribution in [0.2, 0.25) is 0 Å². The van der Waals surface area contributed by atoms with Crippen LogP contribution >= 0.6 is 0 Å². The van der Waals surface area contributed by atoms with Gasteiger partial charge in [0, 0.05) is 5.56 Å². The van der Waals surface area contributed by atoms with Crippen molar-refractivity contribution in [1.29, 1.82) is 0 Å². The summed E-state index contributed by atoms with van der Waals surface area (Å²) in [6.45, 7) is 3.35. The summed E-state index contributed by atoms with van der Waals surface area (Å²) in [6.07, 6.45) is -3.61. The first-order valence-electron chi connectivity index (χ1n) is 6.26. The fourth-order valence-electron chi connectivity index (χ4n) is 2.16. The predicted octanol–water partition coefficient (Wildman–Crippen LogP) is 3.93. The molecule has 1 aromatic carbocycles. The molecular formula is C14H14F5N2+. The largest absolute Gasteiger partial charge is 0.437 e. The minimum Gasteiger partial charge on any atom is -0.207 e. The number of aromatic amines is 1. The first-order valence-corrected chi connectivity index (χ1v) is 6.26. The number of hydrogen-bond donors (Lipinski definition) is 1. The first-order chi connectivity index (χ1) is 9.61. The van der Waals surface area contributed by atoms with E-state index < -0.39 is 34.6 Å². The van der Waals surface area contributed by atoms with E-state index in [1.807, 2.05) is 0 Å². The van der Waals surface area contributed by atoms with Crippen LogP contribution in [-0.2, 0) is 13.2 Å². The Labute approximate surface area is 118 Å². The maximum atomic E-state index is 14.1. The molecule has 1 N–H and O–H groups in total. The first kappa shape index (κ1) is 15.5. The SMILES string of the molecule is CC(C)c1cc(F)c(-c2c[n+](C)[nH]c2C(F)(F)F)cc1F. The quantitative estimate of drug-likeness (QED) is 0.641. The van der Waals surface area contributed by atoms with Crippen LogP contribution < -0.4 is 4.68 Å². The minimum atomic E-state index is -4.68. The van der Waals surface area contributed by atoms with Crippen LogP contribution in [0.15, 0.2) is 18.3 Å². The lowest BCUT2D eigenvalue weighted by atomic mass is 9.97. The Morgan fingerprint density at radius 3 is 2.19 bits per heavy atom. The van der Waals surface area contributed by atoms with Crippen molar-refractivity contribution in [2.45, 2.75) is 25.9 Å². The van der Waals surface area contributed by atoms with Gasteiger partial charge in [0.15, 0.2) is 12.7 Å². The molecule has 0 aliphatic carbocycles. The lowest BCUT2D eigenvalue weighted by Crippen LogP contribution is -2.29. The van der Waals surface area contributed by atoms with Gasteiger partial charge in [-0.15, -0.1) is 4.68 Å². The molecular weight excluding hydrogens is 291 g/mol. The third-order valence-electron chi connectivity index (χ3n) is 3.16. The van der Waals surface area contributed by atoms with Gasteiger partial charge in [0.1, 0.15) is 11.6 Å². The summed E-state index contributed by atoms with van der Waals surface area (Å²) < 4.78 is 67.9. The van der Waals surface area contributed by atoms with Crippen molar-refractivity contribution in [2.24, 2.45) is 7.05 Å². The van der Waals surface area contributed by atoms with E-state index in [0.29, 0.717) is 0 Å². The zero-order valence-electron chi connectivity index (χ0n) is 11.6.